The van der Waals surface area contributed by atoms with Gasteiger partial charge in [-0.3, -0.25) is 0 Å². The standard InChI is InChI=1S/C20H15N/c1-14-5-4-7-17(11-14)20-12-16-10-9-15-6-2-3-8-18(15)19(16)13-21-20/h2-13H,1H3/p+1. The van der Waals surface area contributed by atoms with Gasteiger partial charge in [0.05, 0.1) is 5.39 Å². The Bertz CT molecular complexity index is 954. The van der Waals surface area contributed by atoms with E-state index in [0.29, 0.717) is 0 Å². The zero-order valence-electron chi connectivity index (χ0n) is 11.9. The molecule has 0 spiro atoms. The molecule has 1 nitrogen and oxygen atoms in total. The van der Waals surface area contributed by atoms with Gasteiger partial charge in [-0.1, -0.05) is 54.1 Å². The molecule has 0 unspecified atom stereocenters. The van der Waals surface area contributed by atoms with Crippen LogP contribution in [-0.4, -0.2) is 0 Å². The van der Waals surface area contributed by atoms with E-state index in [9.17, 15) is 0 Å². The van der Waals surface area contributed by atoms with Crippen LogP contribution < -0.4 is 4.98 Å². The van der Waals surface area contributed by atoms with E-state index < -0.39 is 0 Å². The molecule has 0 amide bonds. The summed E-state index contributed by atoms with van der Waals surface area (Å²) in [7, 11) is 0. The van der Waals surface area contributed by atoms with Crippen LogP contribution in [0.1, 0.15) is 5.56 Å². The lowest BCUT2D eigenvalue weighted by molar-refractivity contribution is -0.362. The minimum absolute atomic E-state index is 1.15. The van der Waals surface area contributed by atoms with Crippen molar-refractivity contribution in [2.75, 3.05) is 0 Å². The molecular formula is C20H16N+. The summed E-state index contributed by atoms with van der Waals surface area (Å²) in [5.41, 5.74) is 3.66. The van der Waals surface area contributed by atoms with Gasteiger partial charge in [0.2, 0.25) is 5.69 Å². The van der Waals surface area contributed by atoms with Crippen molar-refractivity contribution in [3.63, 3.8) is 0 Å². The van der Waals surface area contributed by atoms with Gasteiger partial charge in [0, 0.05) is 11.6 Å². The maximum Gasteiger partial charge on any atom is 0.211 e. The summed E-state index contributed by atoms with van der Waals surface area (Å²) in [6.07, 6.45) is 2.12. The van der Waals surface area contributed by atoms with Gasteiger partial charge in [0.25, 0.3) is 0 Å². The number of H-pyrrole nitrogens is 1. The molecule has 0 saturated carbocycles. The molecule has 4 rings (SSSR count). The second-order valence-corrected chi connectivity index (χ2v) is 5.51. The Balaban J connectivity index is 1.97. The molecule has 0 aliphatic carbocycles. The van der Waals surface area contributed by atoms with Crippen LogP contribution in [0.4, 0.5) is 0 Å². The third-order valence-electron chi connectivity index (χ3n) is 4.01. The number of aromatic nitrogens is 1. The highest BCUT2D eigenvalue weighted by Crippen LogP contribution is 2.26. The largest absolute Gasteiger partial charge is 0.211 e. The number of hydrogen-bond acceptors (Lipinski definition) is 0. The highest BCUT2D eigenvalue weighted by Gasteiger charge is 2.09. The summed E-state index contributed by atoms with van der Waals surface area (Å²) in [6.45, 7) is 2.12. The minimum Gasteiger partial charge on any atom is -0.210 e. The fraction of sp³-hybridized carbons (Fsp3) is 0.0500. The molecule has 0 radical (unpaired) electrons. The van der Waals surface area contributed by atoms with Gasteiger partial charge in [-0.2, -0.15) is 0 Å². The predicted molar refractivity (Wildman–Crippen MR) is 88.2 cm³/mol. The Kier molecular flexibility index (Phi) is 2.71. The summed E-state index contributed by atoms with van der Waals surface area (Å²) in [5, 5.41) is 5.11. The van der Waals surface area contributed by atoms with Crippen molar-refractivity contribution in [3.05, 3.63) is 78.5 Å². The van der Waals surface area contributed by atoms with Crippen LogP contribution in [0, 0.1) is 6.92 Å². The third kappa shape index (κ3) is 2.07. The van der Waals surface area contributed by atoms with E-state index in [-0.39, 0.29) is 0 Å². The number of nitrogens with one attached hydrogen (secondary N) is 1. The smallest absolute Gasteiger partial charge is 0.210 e. The third-order valence-corrected chi connectivity index (χ3v) is 4.01. The van der Waals surface area contributed by atoms with Crippen molar-refractivity contribution in [1.82, 2.24) is 0 Å². The first kappa shape index (κ1) is 12.1. The molecule has 0 fully saturated rings. The maximum atomic E-state index is 3.45. The molecule has 1 N–H and O–H groups in total. The summed E-state index contributed by atoms with van der Waals surface area (Å²) in [5.74, 6) is 0. The number of benzene rings is 3. The highest BCUT2D eigenvalue weighted by molar-refractivity contribution is 6.07. The molecule has 3 aromatic carbocycles. The van der Waals surface area contributed by atoms with Crippen LogP contribution in [0.2, 0.25) is 0 Å². The Morgan fingerprint density at radius 3 is 2.48 bits per heavy atom. The summed E-state index contributed by atoms with van der Waals surface area (Å²) < 4.78 is 0. The zero-order chi connectivity index (χ0) is 14.2. The normalized spacial score (nSPS) is 11.1. The van der Waals surface area contributed by atoms with Crippen LogP contribution >= 0.6 is 0 Å². The van der Waals surface area contributed by atoms with Gasteiger partial charge in [0.15, 0.2) is 6.20 Å². The number of fused-ring (bicyclic) bond motifs is 3. The molecule has 1 heteroatoms. The van der Waals surface area contributed by atoms with E-state index in [2.05, 4.69) is 84.8 Å². The summed E-state index contributed by atoms with van der Waals surface area (Å²) in [4.78, 5) is 3.45. The van der Waals surface area contributed by atoms with Crippen molar-refractivity contribution < 1.29 is 4.98 Å². The molecule has 21 heavy (non-hydrogen) atoms. The van der Waals surface area contributed by atoms with Gasteiger partial charge in [-0.15, -0.1) is 0 Å². The number of rotatable bonds is 1. The van der Waals surface area contributed by atoms with Crippen LogP contribution in [0.15, 0.2) is 72.9 Å². The van der Waals surface area contributed by atoms with Crippen LogP contribution in [0.3, 0.4) is 0 Å². The lowest BCUT2D eigenvalue weighted by Gasteiger charge is -2.03. The van der Waals surface area contributed by atoms with Gasteiger partial charge in [0.1, 0.15) is 0 Å². The van der Waals surface area contributed by atoms with Crippen LogP contribution in [-0.2, 0) is 0 Å². The average molecular weight is 270 g/mol. The minimum atomic E-state index is 1.15. The van der Waals surface area contributed by atoms with Crippen molar-refractivity contribution in [2.24, 2.45) is 0 Å². The first-order valence-corrected chi connectivity index (χ1v) is 7.21. The second-order valence-electron chi connectivity index (χ2n) is 5.51. The van der Waals surface area contributed by atoms with Crippen molar-refractivity contribution in [3.8, 4) is 11.3 Å². The van der Waals surface area contributed by atoms with E-state index >= 15 is 0 Å². The molecular weight excluding hydrogens is 254 g/mol. The maximum absolute atomic E-state index is 3.45. The Morgan fingerprint density at radius 2 is 1.57 bits per heavy atom. The Morgan fingerprint density at radius 1 is 0.714 bits per heavy atom. The van der Waals surface area contributed by atoms with E-state index in [4.69, 9.17) is 0 Å². The molecule has 4 aromatic rings. The Labute approximate surface area is 123 Å². The first-order valence-electron chi connectivity index (χ1n) is 7.21. The monoisotopic (exact) mass is 270 g/mol. The molecule has 0 aliphatic rings. The molecule has 0 bridgehead atoms. The van der Waals surface area contributed by atoms with Gasteiger partial charge >= 0.3 is 0 Å². The fourth-order valence-electron chi connectivity index (χ4n) is 2.93. The number of pyridine rings is 1. The first-order chi connectivity index (χ1) is 10.3. The summed E-state index contributed by atoms with van der Waals surface area (Å²) >= 11 is 0. The number of aryl methyl sites for hydroxylation is 1. The molecule has 0 saturated heterocycles. The zero-order valence-corrected chi connectivity index (χ0v) is 11.9. The van der Waals surface area contributed by atoms with Gasteiger partial charge in [-0.05, 0) is 35.2 Å². The molecule has 100 valence electrons. The van der Waals surface area contributed by atoms with Crippen LogP contribution in [0.5, 0.6) is 0 Å². The average Bonchev–Trinajstić information content (AvgIpc) is 2.54. The molecule has 0 aliphatic heterocycles. The van der Waals surface area contributed by atoms with Gasteiger partial charge in [-0.25, -0.2) is 4.98 Å². The van der Waals surface area contributed by atoms with E-state index in [1.807, 2.05) is 0 Å². The molecule has 1 heterocycles. The second kappa shape index (κ2) is 4.71. The van der Waals surface area contributed by atoms with Crippen LogP contribution in [0.25, 0.3) is 32.8 Å². The topological polar surface area (TPSA) is 14.1 Å². The lowest BCUT2D eigenvalue weighted by Crippen LogP contribution is -2.05. The number of hydrogen-bond donors (Lipinski definition) is 0. The quantitative estimate of drug-likeness (QED) is 0.442. The van der Waals surface area contributed by atoms with E-state index in [1.165, 1.54) is 32.7 Å². The van der Waals surface area contributed by atoms with E-state index in [0.717, 1.165) is 5.69 Å². The van der Waals surface area contributed by atoms with E-state index in [1.54, 1.807) is 0 Å². The Hall–Kier alpha value is -2.67. The summed E-state index contributed by atoms with van der Waals surface area (Å²) in [6, 6.07) is 23.7. The van der Waals surface area contributed by atoms with Crippen molar-refractivity contribution in [2.45, 2.75) is 6.92 Å². The van der Waals surface area contributed by atoms with Crippen molar-refractivity contribution in [1.29, 1.82) is 0 Å². The fourth-order valence-corrected chi connectivity index (χ4v) is 2.93. The predicted octanol–water partition coefficient (Wildman–Crippen LogP) is 4.78. The van der Waals surface area contributed by atoms with Gasteiger partial charge < -0.3 is 0 Å². The number of aromatic amines is 1. The van der Waals surface area contributed by atoms with Crippen molar-refractivity contribution >= 4 is 21.5 Å². The highest BCUT2D eigenvalue weighted by atomic mass is 14.7. The molecule has 0 atom stereocenters. The molecule has 1 aromatic heterocycles. The lowest BCUT2D eigenvalue weighted by atomic mass is 10.0. The SMILES string of the molecule is Cc1cccc(-c2cc3ccc4ccccc4c3c[nH+]2)c1.